The van der Waals surface area contributed by atoms with Gasteiger partial charge in [0.15, 0.2) is 18.2 Å². The maximum Gasteiger partial charge on any atom is 0.490 e. The van der Waals surface area contributed by atoms with Gasteiger partial charge in [0.2, 0.25) is 0 Å². The Morgan fingerprint density at radius 1 is 1.20 bits per heavy atom. The Morgan fingerprint density at radius 3 is 2.60 bits per heavy atom. The van der Waals surface area contributed by atoms with Crippen molar-refractivity contribution in [3.8, 4) is 0 Å². The lowest BCUT2D eigenvalue weighted by Crippen LogP contribution is -2.55. The third-order valence-corrected chi connectivity index (χ3v) is 13.0. The smallest absolute Gasteiger partial charge is 0.456 e. The first-order chi connectivity index (χ1) is 21.0. The van der Waals surface area contributed by atoms with Crippen molar-refractivity contribution < 1.29 is 65.5 Å². The van der Waals surface area contributed by atoms with E-state index in [0.29, 0.717) is 5.56 Å². The van der Waals surface area contributed by atoms with Gasteiger partial charge in [-0.2, -0.15) is 8.62 Å². The fourth-order valence-electron chi connectivity index (χ4n) is 4.51. The molecule has 0 saturated carbocycles. The molecule has 1 amide bonds. The van der Waals surface area contributed by atoms with Gasteiger partial charge in [0, 0.05) is 17.4 Å². The summed E-state index contributed by atoms with van der Waals surface area (Å²) in [4.78, 5) is 72.5. The van der Waals surface area contributed by atoms with E-state index in [0.717, 1.165) is 5.75 Å². The summed E-state index contributed by atoms with van der Waals surface area (Å²) in [6, 6.07) is 5.83. The molecule has 0 aliphatic carbocycles. The number of rotatable bonds is 14. The summed E-state index contributed by atoms with van der Waals surface area (Å²) in [5.74, 6) is -0.573. The molecule has 3 aliphatic rings. The van der Waals surface area contributed by atoms with Gasteiger partial charge in [0.1, 0.15) is 18.4 Å². The molecule has 0 spiro atoms. The van der Waals surface area contributed by atoms with Crippen LogP contribution in [0.1, 0.15) is 41.4 Å². The van der Waals surface area contributed by atoms with Crippen LogP contribution in [0.2, 0.25) is 0 Å². The van der Waals surface area contributed by atoms with E-state index in [1.165, 1.54) is 11.2 Å². The second kappa shape index (κ2) is 14.5. The molecule has 7 N–H and O–H groups in total. The number of benzene rings is 1. The molecule has 1 aromatic rings. The normalized spacial score (nSPS) is 28.0. The van der Waals surface area contributed by atoms with Crippen LogP contribution in [0.25, 0.3) is 0 Å². The number of phosphoric ester groups is 1. The first-order valence-electron chi connectivity index (χ1n) is 13.0. The Hall–Kier alpha value is -1.83. The minimum atomic E-state index is -5.78. The van der Waals surface area contributed by atoms with Gasteiger partial charge in [-0.1, -0.05) is 46.7 Å². The minimum Gasteiger partial charge on any atom is -0.456 e. The SMILES string of the molecule is CCSSC(C)c1ccccc1C(=O)O[C@@H]1C[C@H](N2C=NC3C(=O)NC(N)=NC32)OC1COP(=O)(O)OP(=O)(O)OP(=O)(O)O. The number of esters is 1. The Kier molecular flexibility index (Phi) is 11.6. The fourth-order valence-corrected chi connectivity index (χ4v) is 9.52. The first kappa shape index (κ1) is 36.0. The zero-order valence-corrected chi connectivity index (χ0v) is 27.7. The summed E-state index contributed by atoms with van der Waals surface area (Å²) in [6.07, 6.45) is -3.16. The quantitative estimate of drug-likeness (QED) is 0.0900. The van der Waals surface area contributed by atoms with Gasteiger partial charge in [-0.3, -0.25) is 19.6 Å². The zero-order chi connectivity index (χ0) is 33.2. The van der Waals surface area contributed by atoms with Crippen LogP contribution < -0.4 is 11.1 Å². The molecule has 19 nitrogen and oxygen atoms in total. The maximum absolute atomic E-state index is 13.5. The van der Waals surface area contributed by atoms with Crippen LogP contribution in [0.15, 0.2) is 34.3 Å². The number of nitrogens with two attached hydrogens (primary N) is 1. The summed E-state index contributed by atoms with van der Waals surface area (Å²) in [5, 5.41) is 2.27. The third kappa shape index (κ3) is 9.60. The van der Waals surface area contributed by atoms with E-state index in [1.54, 1.807) is 45.9 Å². The molecule has 1 aromatic carbocycles. The molecule has 6 unspecified atom stereocenters. The summed E-state index contributed by atoms with van der Waals surface area (Å²) >= 11 is 0. The number of nitrogens with zero attached hydrogens (tertiary/aromatic N) is 3. The summed E-state index contributed by atoms with van der Waals surface area (Å²) < 4.78 is 59.1. The van der Waals surface area contributed by atoms with Gasteiger partial charge in [0.25, 0.3) is 5.91 Å². The Labute approximate surface area is 264 Å². The molecule has 1 fully saturated rings. The predicted octanol–water partition coefficient (Wildman–Crippen LogP) is 1.62. The molecule has 0 bridgehead atoms. The summed E-state index contributed by atoms with van der Waals surface area (Å²) in [5.41, 5.74) is 6.66. The highest BCUT2D eigenvalue weighted by Crippen LogP contribution is 2.66. The standard InChI is InChI=1S/C21H30N5O14P3S2/c1-3-44-45-11(2)12-6-4-5-7-13(12)20(28)38-14-8-16(26-10-23-17-18(26)24-21(22)25-19(17)27)37-15(14)9-36-42(32,33)40-43(34,35)39-41(29,30)31/h4-7,10-11,14-18H,3,8-9H2,1-2H3,(H,32,33)(H,34,35)(H2,29,30,31)(H3,22,24,25,27)/t11?,14-,15?,16-,17?,18?/m1/s1. The summed E-state index contributed by atoms with van der Waals surface area (Å²) in [6.45, 7) is 3.04. The zero-order valence-electron chi connectivity index (χ0n) is 23.4. The minimum absolute atomic E-state index is 0.0827. The van der Waals surface area contributed by atoms with Crippen LogP contribution in [-0.2, 0) is 41.1 Å². The second-order valence-corrected chi connectivity index (χ2v) is 16.9. The molecular weight excluding hydrogens is 703 g/mol. The third-order valence-electron chi connectivity index (χ3n) is 6.28. The van der Waals surface area contributed by atoms with Gasteiger partial charge in [0.05, 0.1) is 18.5 Å². The lowest BCUT2D eigenvalue weighted by molar-refractivity contribution is -0.123. The lowest BCUT2D eigenvalue weighted by atomic mass is 10.0. The highest BCUT2D eigenvalue weighted by Gasteiger charge is 2.49. The van der Waals surface area contributed by atoms with E-state index < -0.39 is 72.6 Å². The van der Waals surface area contributed by atoms with E-state index in [-0.39, 0.29) is 23.2 Å². The number of hydrogen-bond donors (Lipinski definition) is 6. The van der Waals surface area contributed by atoms with Crippen molar-refractivity contribution in [1.29, 1.82) is 0 Å². The highest BCUT2D eigenvalue weighted by molar-refractivity contribution is 8.76. The molecule has 4 rings (SSSR count). The number of carbonyl (C=O) groups excluding carboxylic acids is 2. The van der Waals surface area contributed by atoms with Gasteiger partial charge in [-0.25, -0.2) is 23.5 Å². The van der Waals surface area contributed by atoms with Crippen molar-refractivity contribution in [2.45, 2.75) is 56.2 Å². The second-order valence-electron chi connectivity index (χ2n) is 9.50. The molecular formula is C21H30N5O14P3S2. The van der Waals surface area contributed by atoms with Gasteiger partial charge in [-0.15, -0.1) is 0 Å². The van der Waals surface area contributed by atoms with Crippen molar-refractivity contribution in [3.05, 3.63) is 35.4 Å². The van der Waals surface area contributed by atoms with Crippen LogP contribution in [0, 0.1) is 0 Å². The van der Waals surface area contributed by atoms with Crippen molar-refractivity contribution in [2.75, 3.05) is 12.4 Å². The van der Waals surface area contributed by atoms with E-state index in [1.807, 2.05) is 13.8 Å². The molecule has 3 heterocycles. The molecule has 8 atom stereocenters. The Balaban J connectivity index is 1.54. The molecule has 3 aliphatic heterocycles. The van der Waals surface area contributed by atoms with E-state index in [2.05, 4.69) is 23.9 Å². The molecule has 45 heavy (non-hydrogen) atoms. The van der Waals surface area contributed by atoms with E-state index in [4.69, 9.17) is 29.5 Å². The molecule has 24 heteroatoms. The van der Waals surface area contributed by atoms with Crippen molar-refractivity contribution >= 4 is 69.2 Å². The lowest BCUT2D eigenvalue weighted by Gasteiger charge is -2.31. The number of hydrogen-bond acceptors (Lipinski definition) is 16. The van der Waals surface area contributed by atoms with Gasteiger partial charge >= 0.3 is 29.4 Å². The fraction of sp³-hybridized carbons (Fsp3) is 0.524. The topological polar surface area (TPSA) is 278 Å². The van der Waals surface area contributed by atoms with E-state index in [9.17, 15) is 33.1 Å². The van der Waals surface area contributed by atoms with Crippen molar-refractivity contribution in [2.24, 2.45) is 15.7 Å². The van der Waals surface area contributed by atoms with Crippen molar-refractivity contribution in [1.82, 2.24) is 10.2 Å². The number of fused-ring (bicyclic) bond motifs is 1. The first-order valence-corrected chi connectivity index (χ1v) is 19.9. The van der Waals surface area contributed by atoms with Crippen LogP contribution in [0.3, 0.4) is 0 Å². The number of amides is 1. The number of phosphoric acid groups is 3. The Bertz CT molecular complexity index is 1500. The number of aliphatic imine (C=N–C) groups is 2. The van der Waals surface area contributed by atoms with Crippen LogP contribution in [-0.4, -0.2) is 91.7 Å². The average Bonchev–Trinajstić information content (AvgIpc) is 3.52. The predicted molar refractivity (Wildman–Crippen MR) is 161 cm³/mol. The number of carbonyl (C=O) groups is 2. The molecule has 250 valence electrons. The molecule has 1 saturated heterocycles. The molecule has 0 radical (unpaired) electrons. The van der Waals surface area contributed by atoms with Crippen LogP contribution in [0.4, 0.5) is 0 Å². The molecule has 0 aromatic heterocycles. The monoisotopic (exact) mass is 733 g/mol. The van der Waals surface area contributed by atoms with Crippen LogP contribution in [0.5, 0.6) is 0 Å². The van der Waals surface area contributed by atoms with Crippen molar-refractivity contribution in [3.63, 3.8) is 0 Å². The number of nitrogens with one attached hydrogen (secondary N) is 1. The van der Waals surface area contributed by atoms with Crippen LogP contribution >= 0.6 is 45.1 Å². The largest absolute Gasteiger partial charge is 0.490 e. The maximum atomic E-state index is 13.5. The highest BCUT2D eigenvalue weighted by atomic mass is 33.1. The average molecular weight is 734 g/mol. The number of guanidine groups is 1. The number of ether oxygens (including phenoxy) is 2. The van der Waals surface area contributed by atoms with E-state index >= 15 is 0 Å². The van der Waals surface area contributed by atoms with Gasteiger partial charge in [-0.05, 0) is 18.6 Å². The Morgan fingerprint density at radius 2 is 1.91 bits per heavy atom. The summed E-state index contributed by atoms with van der Waals surface area (Å²) in [7, 11) is -13.7. The van der Waals surface area contributed by atoms with Gasteiger partial charge < -0.3 is 39.7 Å².